The number of rotatable bonds is 6. The Bertz CT molecular complexity index is 553. The van der Waals surface area contributed by atoms with Gasteiger partial charge in [0.25, 0.3) is 0 Å². The van der Waals surface area contributed by atoms with E-state index in [1.807, 2.05) is 31.2 Å². The normalized spacial score (nSPS) is 12.5. The SMILES string of the molecule is CC(CCCCl)NC(=O)Cc1noc2ccccc12. The molecule has 1 atom stereocenters. The molecule has 102 valence electrons. The summed E-state index contributed by atoms with van der Waals surface area (Å²) in [5, 5.41) is 7.78. The molecule has 1 aromatic carbocycles. The minimum atomic E-state index is -0.0406. The van der Waals surface area contributed by atoms with E-state index in [0.29, 0.717) is 17.2 Å². The van der Waals surface area contributed by atoms with Crippen LogP contribution >= 0.6 is 11.6 Å². The van der Waals surface area contributed by atoms with Crippen LogP contribution in [0.3, 0.4) is 0 Å². The number of nitrogens with one attached hydrogen (secondary N) is 1. The maximum atomic E-state index is 11.9. The molecular formula is C14H17ClN2O2. The standard InChI is InChI=1S/C14H17ClN2O2/c1-10(5-4-8-15)16-14(18)9-12-11-6-2-3-7-13(11)19-17-12/h2-3,6-7,10H,4-5,8-9H2,1H3,(H,16,18). The van der Waals surface area contributed by atoms with Crippen LogP contribution in [0, 0.1) is 0 Å². The Morgan fingerprint density at radius 1 is 1.47 bits per heavy atom. The molecule has 0 aliphatic heterocycles. The van der Waals surface area contributed by atoms with Crippen LogP contribution in [0.1, 0.15) is 25.5 Å². The Morgan fingerprint density at radius 2 is 2.26 bits per heavy atom. The van der Waals surface area contributed by atoms with Gasteiger partial charge in [-0.25, -0.2) is 0 Å². The highest BCUT2D eigenvalue weighted by Crippen LogP contribution is 2.18. The number of carbonyl (C=O) groups is 1. The molecule has 0 spiro atoms. The van der Waals surface area contributed by atoms with Crippen LogP contribution in [0.2, 0.25) is 0 Å². The van der Waals surface area contributed by atoms with Gasteiger partial charge in [-0.2, -0.15) is 0 Å². The monoisotopic (exact) mass is 280 g/mol. The van der Waals surface area contributed by atoms with E-state index in [4.69, 9.17) is 16.1 Å². The second kappa shape index (κ2) is 6.57. The number of nitrogens with zero attached hydrogens (tertiary/aromatic N) is 1. The predicted molar refractivity (Wildman–Crippen MR) is 75.3 cm³/mol. The van der Waals surface area contributed by atoms with Gasteiger partial charge in [-0.1, -0.05) is 17.3 Å². The van der Waals surface area contributed by atoms with Crippen LogP contribution < -0.4 is 5.32 Å². The van der Waals surface area contributed by atoms with Crippen molar-refractivity contribution < 1.29 is 9.32 Å². The lowest BCUT2D eigenvalue weighted by molar-refractivity contribution is -0.121. The van der Waals surface area contributed by atoms with Crippen LogP contribution in [0.25, 0.3) is 11.0 Å². The molecule has 2 rings (SSSR count). The zero-order valence-corrected chi connectivity index (χ0v) is 11.6. The van der Waals surface area contributed by atoms with E-state index in [0.717, 1.165) is 18.2 Å². The number of hydrogen-bond acceptors (Lipinski definition) is 3. The van der Waals surface area contributed by atoms with E-state index < -0.39 is 0 Å². The summed E-state index contributed by atoms with van der Waals surface area (Å²) in [7, 11) is 0. The maximum Gasteiger partial charge on any atom is 0.226 e. The van der Waals surface area contributed by atoms with Crippen LogP contribution in [-0.4, -0.2) is 23.0 Å². The summed E-state index contributed by atoms with van der Waals surface area (Å²) < 4.78 is 5.17. The highest BCUT2D eigenvalue weighted by Gasteiger charge is 2.13. The fourth-order valence-corrected chi connectivity index (χ4v) is 2.15. The third-order valence-electron chi connectivity index (χ3n) is 2.96. The number of alkyl halides is 1. The fraction of sp³-hybridized carbons (Fsp3) is 0.429. The number of amides is 1. The van der Waals surface area contributed by atoms with Gasteiger partial charge in [-0.05, 0) is 31.9 Å². The summed E-state index contributed by atoms with van der Waals surface area (Å²) in [6.45, 7) is 1.98. The average Bonchev–Trinajstić information content (AvgIpc) is 2.80. The van der Waals surface area contributed by atoms with Gasteiger partial charge >= 0.3 is 0 Å². The largest absolute Gasteiger partial charge is 0.356 e. The summed E-state index contributed by atoms with van der Waals surface area (Å²) >= 11 is 5.63. The first kappa shape index (κ1) is 13.9. The molecule has 0 aliphatic carbocycles. The van der Waals surface area contributed by atoms with Crippen molar-refractivity contribution in [1.82, 2.24) is 10.5 Å². The third-order valence-corrected chi connectivity index (χ3v) is 3.23. The van der Waals surface area contributed by atoms with Gasteiger partial charge in [0, 0.05) is 17.3 Å². The first-order valence-electron chi connectivity index (χ1n) is 6.39. The van der Waals surface area contributed by atoms with Crippen molar-refractivity contribution in [3.63, 3.8) is 0 Å². The molecule has 19 heavy (non-hydrogen) atoms. The van der Waals surface area contributed by atoms with Crippen LogP contribution in [0.4, 0.5) is 0 Å². The highest BCUT2D eigenvalue weighted by atomic mass is 35.5. The number of halogens is 1. The summed E-state index contributed by atoms with van der Waals surface area (Å²) in [4.78, 5) is 11.9. The van der Waals surface area contributed by atoms with E-state index in [-0.39, 0.29) is 18.4 Å². The Morgan fingerprint density at radius 3 is 3.05 bits per heavy atom. The smallest absolute Gasteiger partial charge is 0.226 e. The molecular weight excluding hydrogens is 264 g/mol. The van der Waals surface area contributed by atoms with Crippen molar-refractivity contribution in [2.24, 2.45) is 0 Å². The van der Waals surface area contributed by atoms with Gasteiger partial charge in [0.1, 0.15) is 5.69 Å². The van der Waals surface area contributed by atoms with Crippen LogP contribution in [-0.2, 0) is 11.2 Å². The molecule has 5 heteroatoms. The number of para-hydroxylation sites is 1. The van der Waals surface area contributed by atoms with Gasteiger partial charge in [-0.15, -0.1) is 11.6 Å². The average molecular weight is 281 g/mol. The lowest BCUT2D eigenvalue weighted by Crippen LogP contribution is -2.33. The van der Waals surface area contributed by atoms with E-state index in [1.54, 1.807) is 0 Å². The van der Waals surface area contributed by atoms with Crippen molar-refractivity contribution in [3.05, 3.63) is 30.0 Å². The van der Waals surface area contributed by atoms with Crippen molar-refractivity contribution >= 4 is 28.5 Å². The molecule has 0 saturated heterocycles. The molecule has 1 N–H and O–H groups in total. The van der Waals surface area contributed by atoms with Crippen LogP contribution in [0.15, 0.2) is 28.8 Å². The lowest BCUT2D eigenvalue weighted by Gasteiger charge is -2.12. The molecule has 1 amide bonds. The van der Waals surface area contributed by atoms with Crippen molar-refractivity contribution in [2.45, 2.75) is 32.2 Å². The van der Waals surface area contributed by atoms with Crippen molar-refractivity contribution in [3.8, 4) is 0 Å². The Hall–Kier alpha value is -1.55. The summed E-state index contributed by atoms with van der Waals surface area (Å²) in [5.41, 5.74) is 1.39. The van der Waals surface area contributed by atoms with Gasteiger partial charge in [0.05, 0.1) is 6.42 Å². The zero-order valence-electron chi connectivity index (χ0n) is 10.9. The summed E-state index contributed by atoms with van der Waals surface area (Å²) in [6, 6.07) is 7.66. The van der Waals surface area contributed by atoms with Gasteiger partial charge in [0.2, 0.25) is 5.91 Å². The number of hydrogen-bond donors (Lipinski definition) is 1. The van der Waals surface area contributed by atoms with Crippen molar-refractivity contribution in [1.29, 1.82) is 0 Å². The second-order valence-corrected chi connectivity index (χ2v) is 4.98. The second-order valence-electron chi connectivity index (χ2n) is 4.60. The number of fused-ring (bicyclic) bond motifs is 1. The van der Waals surface area contributed by atoms with E-state index >= 15 is 0 Å². The number of benzene rings is 1. The predicted octanol–water partition coefficient (Wildman–Crippen LogP) is 2.89. The molecule has 0 radical (unpaired) electrons. The Kier molecular flexibility index (Phi) is 4.80. The Balaban J connectivity index is 1.95. The molecule has 0 saturated carbocycles. The van der Waals surface area contributed by atoms with E-state index in [1.165, 1.54) is 0 Å². The van der Waals surface area contributed by atoms with E-state index in [2.05, 4.69) is 10.5 Å². The van der Waals surface area contributed by atoms with Gasteiger partial charge < -0.3 is 9.84 Å². The van der Waals surface area contributed by atoms with Gasteiger partial charge in [-0.3, -0.25) is 4.79 Å². The lowest BCUT2D eigenvalue weighted by atomic mass is 10.1. The maximum absolute atomic E-state index is 11.9. The molecule has 4 nitrogen and oxygen atoms in total. The molecule has 1 unspecified atom stereocenters. The topological polar surface area (TPSA) is 55.1 Å². The summed E-state index contributed by atoms with van der Waals surface area (Å²) in [5.74, 6) is 0.579. The third kappa shape index (κ3) is 3.70. The zero-order chi connectivity index (χ0) is 13.7. The molecule has 0 aliphatic rings. The number of aromatic nitrogens is 1. The first-order chi connectivity index (χ1) is 9.20. The Labute approximate surface area is 117 Å². The van der Waals surface area contributed by atoms with Gasteiger partial charge in [0.15, 0.2) is 5.58 Å². The molecule has 1 aromatic heterocycles. The summed E-state index contributed by atoms with van der Waals surface area (Å²) in [6.07, 6.45) is 2.02. The molecule has 0 bridgehead atoms. The first-order valence-corrected chi connectivity index (χ1v) is 6.92. The number of carbonyl (C=O) groups excluding carboxylic acids is 1. The highest BCUT2D eigenvalue weighted by molar-refractivity contribution is 6.17. The fourth-order valence-electron chi connectivity index (χ4n) is 2.00. The van der Waals surface area contributed by atoms with Crippen molar-refractivity contribution in [2.75, 3.05) is 5.88 Å². The molecule has 2 aromatic rings. The van der Waals surface area contributed by atoms with E-state index in [9.17, 15) is 4.79 Å². The minimum Gasteiger partial charge on any atom is -0.356 e. The van der Waals surface area contributed by atoms with Crippen LogP contribution in [0.5, 0.6) is 0 Å². The quantitative estimate of drug-likeness (QED) is 0.828. The minimum absolute atomic E-state index is 0.0406. The molecule has 1 heterocycles. The molecule has 0 fully saturated rings.